The van der Waals surface area contributed by atoms with Crippen LogP contribution >= 0.6 is 0 Å². The first-order chi connectivity index (χ1) is 14.6. The molecule has 2 aromatic carbocycles. The molecular weight excluding hydrogens is 389 g/mol. The Labute approximate surface area is 175 Å². The highest BCUT2D eigenvalue weighted by atomic mass is 19.1. The minimum Gasteiger partial charge on any atom is -0.493 e. The number of carbonyl (C=O) groups is 1. The molecule has 2 aromatic rings. The van der Waals surface area contributed by atoms with E-state index in [1.54, 1.807) is 49.5 Å². The van der Waals surface area contributed by atoms with E-state index in [0.29, 0.717) is 43.1 Å². The molecule has 0 unspecified atom stereocenters. The van der Waals surface area contributed by atoms with E-state index in [2.05, 4.69) is 0 Å². The van der Waals surface area contributed by atoms with Crippen molar-refractivity contribution in [3.63, 3.8) is 0 Å². The van der Waals surface area contributed by atoms with Gasteiger partial charge in [0, 0.05) is 12.1 Å². The lowest BCUT2D eigenvalue weighted by molar-refractivity contribution is -0.152. The molecule has 160 valence electrons. The minimum atomic E-state index is -0.850. The van der Waals surface area contributed by atoms with Crippen molar-refractivity contribution >= 4 is 5.91 Å². The molecule has 1 saturated carbocycles. The zero-order chi connectivity index (χ0) is 21.3. The summed E-state index contributed by atoms with van der Waals surface area (Å²) in [4.78, 5) is 15.5. The van der Waals surface area contributed by atoms with E-state index < -0.39 is 17.6 Å². The van der Waals surface area contributed by atoms with E-state index in [-0.39, 0.29) is 18.3 Å². The van der Waals surface area contributed by atoms with Crippen LogP contribution in [0.5, 0.6) is 11.5 Å². The van der Waals surface area contributed by atoms with Crippen LogP contribution in [0.1, 0.15) is 30.0 Å². The van der Waals surface area contributed by atoms with Gasteiger partial charge >= 0.3 is 0 Å². The Balaban J connectivity index is 1.73. The van der Waals surface area contributed by atoms with Gasteiger partial charge in [0.05, 0.1) is 38.9 Å². The van der Waals surface area contributed by atoms with E-state index in [1.165, 1.54) is 6.07 Å². The van der Waals surface area contributed by atoms with E-state index in [4.69, 9.17) is 14.2 Å². The summed E-state index contributed by atoms with van der Waals surface area (Å²) in [5, 5.41) is 9.95. The predicted octanol–water partition coefficient (Wildman–Crippen LogP) is 2.84. The second-order valence-corrected chi connectivity index (χ2v) is 7.71. The fourth-order valence-electron chi connectivity index (χ4n) is 4.39. The highest BCUT2D eigenvalue weighted by Gasteiger charge is 2.56. The Hall–Kier alpha value is -2.64. The van der Waals surface area contributed by atoms with E-state index in [9.17, 15) is 14.3 Å². The Kier molecular flexibility index (Phi) is 5.66. The third kappa shape index (κ3) is 3.42. The maximum atomic E-state index is 14.5. The second kappa shape index (κ2) is 8.24. The van der Waals surface area contributed by atoms with Crippen molar-refractivity contribution in [3.8, 4) is 11.5 Å². The Morgan fingerprint density at radius 3 is 2.57 bits per heavy atom. The third-order valence-electron chi connectivity index (χ3n) is 6.09. The zero-order valence-electron chi connectivity index (χ0n) is 17.1. The van der Waals surface area contributed by atoms with Crippen LogP contribution in [0.3, 0.4) is 0 Å². The number of rotatable bonds is 6. The molecule has 6 nitrogen and oxygen atoms in total. The van der Waals surface area contributed by atoms with E-state index >= 15 is 0 Å². The van der Waals surface area contributed by atoms with Crippen LogP contribution in [0.4, 0.5) is 4.39 Å². The molecule has 1 saturated heterocycles. The van der Waals surface area contributed by atoms with Crippen molar-refractivity contribution in [1.29, 1.82) is 0 Å². The first-order valence-corrected chi connectivity index (χ1v) is 10.1. The molecule has 0 bridgehead atoms. The summed E-state index contributed by atoms with van der Waals surface area (Å²) in [5.41, 5.74) is 0.356. The summed E-state index contributed by atoms with van der Waals surface area (Å²) in [6, 6.07) is 11.4. The quantitative estimate of drug-likeness (QED) is 0.786. The number of ether oxygens (including phenoxy) is 3. The predicted molar refractivity (Wildman–Crippen MR) is 108 cm³/mol. The third-order valence-corrected chi connectivity index (χ3v) is 6.09. The van der Waals surface area contributed by atoms with Crippen molar-refractivity contribution in [2.24, 2.45) is 0 Å². The summed E-state index contributed by atoms with van der Waals surface area (Å²) in [6.07, 6.45) is 0.622. The number of methoxy groups -OCH3 is 2. The molecule has 7 heteroatoms. The van der Waals surface area contributed by atoms with Gasteiger partial charge in [-0.1, -0.05) is 24.3 Å². The minimum absolute atomic E-state index is 0.130. The molecule has 30 heavy (non-hydrogen) atoms. The molecule has 2 aliphatic rings. The monoisotopic (exact) mass is 415 g/mol. The number of carbonyl (C=O) groups excluding carboxylic acids is 1. The summed E-state index contributed by atoms with van der Waals surface area (Å²) < 4.78 is 31.0. The summed E-state index contributed by atoms with van der Waals surface area (Å²) in [5.74, 6) is 0.605. The number of benzene rings is 2. The van der Waals surface area contributed by atoms with Gasteiger partial charge in [0.25, 0.3) is 0 Å². The van der Waals surface area contributed by atoms with Gasteiger partial charge in [-0.15, -0.1) is 0 Å². The van der Waals surface area contributed by atoms with Gasteiger partial charge in [0.1, 0.15) is 11.9 Å². The average Bonchev–Trinajstić information content (AvgIpc) is 3.59. The van der Waals surface area contributed by atoms with Crippen LogP contribution in [0.15, 0.2) is 42.5 Å². The molecule has 2 fully saturated rings. The summed E-state index contributed by atoms with van der Waals surface area (Å²) in [6.45, 7) is 0.439. The molecule has 1 heterocycles. The molecule has 1 aliphatic carbocycles. The molecular formula is C23H26FNO5. The van der Waals surface area contributed by atoms with Crippen LogP contribution in [0, 0.1) is 5.82 Å². The van der Waals surface area contributed by atoms with Crippen molar-refractivity contribution < 1.29 is 28.5 Å². The lowest BCUT2D eigenvalue weighted by Crippen LogP contribution is -2.52. The normalized spacial score (nSPS) is 22.5. The van der Waals surface area contributed by atoms with Crippen molar-refractivity contribution in [1.82, 2.24) is 4.90 Å². The number of morpholine rings is 1. The Morgan fingerprint density at radius 1 is 1.20 bits per heavy atom. The highest BCUT2D eigenvalue weighted by Crippen LogP contribution is 2.52. The molecule has 1 amide bonds. The van der Waals surface area contributed by atoms with Gasteiger partial charge in [0.15, 0.2) is 11.5 Å². The van der Waals surface area contributed by atoms with Gasteiger partial charge < -0.3 is 24.2 Å². The van der Waals surface area contributed by atoms with Crippen LogP contribution in [-0.2, 0) is 14.9 Å². The average molecular weight is 415 g/mol. The number of aliphatic hydroxyl groups is 1. The largest absolute Gasteiger partial charge is 0.493 e. The van der Waals surface area contributed by atoms with Gasteiger partial charge in [0.2, 0.25) is 5.91 Å². The van der Waals surface area contributed by atoms with Crippen molar-refractivity contribution in [2.75, 3.05) is 34.0 Å². The lowest BCUT2D eigenvalue weighted by atomic mass is 9.90. The molecule has 0 spiro atoms. The number of nitrogens with zero attached hydrogens (tertiary/aromatic N) is 1. The highest BCUT2D eigenvalue weighted by molar-refractivity contribution is 5.92. The zero-order valence-corrected chi connectivity index (χ0v) is 17.1. The first-order valence-electron chi connectivity index (χ1n) is 10.1. The topological polar surface area (TPSA) is 68.2 Å². The van der Waals surface area contributed by atoms with Crippen LogP contribution in [0.25, 0.3) is 0 Å². The number of hydrogen-bond donors (Lipinski definition) is 1. The SMILES string of the molecule is COc1ccc([C@@H]2[C@@H](CO)OCCN2C(=O)C2(c3ccccc3F)CC2)cc1OC. The van der Waals surface area contributed by atoms with Gasteiger partial charge in [-0.05, 0) is 36.6 Å². The van der Waals surface area contributed by atoms with Crippen LogP contribution in [0.2, 0.25) is 0 Å². The van der Waals surface area contributed by atoms with Crippen LogP contribution < -0.4 is 9.47 Å². The molecule has 2 atom stereocenters. The Bertz CT molecular complexity index is 930. The van der Waals surface area contributed by atoms with Gasteiger partial charge in [-0.3, -0.25) is 4.79 Å². The molecule has 0 aromatic heterocycles. The smallest absolute Gasteiger partial charge is 0.234 e. The molecule has 1 N–H and O–H groups in total. The summed E-state index contributed by atoms with van der Waals surface area (Å²) >= 11 is 0. The molecule has 0 radical (unpaired) electrons. The molecule has 4 rings (SSSR count). The summed E-state index contributed by atoms with van der Waals surface area (Å²) in [7, 11) is 3.10. The van der Waals surface area contributed by atoms with E-state index in [1.807, 2.05) is 6.07 Å². The van der Waals surface area contributed by atoms with Crippen molar-refractivity contribution in [3.05, 3.63) is 59.4 Å². The fourth-order valence-corrected chi connectivity index (χ4v) is 4.39. The number of halogens is 1. The molecule has 1 aliphatic heterocycles. The fraction of sp³-hybridized carbons (Fsp3) is 0.435. The van der Waals surface area contributed by atoms with Crippen molar-refractivity contribution in [2.45, 2.75) is 30.4 Å². The standard InChI is InChI=1S/C23H26FNO5/c1-28-18-8-7-15(13-19(18)29-2)21-20(14-26)30-12-11-25(21)22(27)23(9-10-23)16-5-3-4-6-17(16)24/h3-8,13,20-21,26H,9-12,14H2,1-2H3/t20-,21-/m1/s1. The first kappa shape index (κ1) is 20.6. The number of hydrogen-bond acceptors (Lipinski definition) is 5. The maximum Gasteiger partial charge on any atom is 0.234 e. The number of aliphatic hydroxyl groups excluding tert-OH is 1. The van der Waals surface area contributed by atoms with E-state index in [0.717, 1.165) is 5.56 Å². The Morgan fingerprint density at radius 2 is 1.93 bits per heavy atom. The van der Waals surface area contributed by atoms with Gasteiger partial charge in [-0.25, -0.2) is 4.39 Å². The maximum absolute atomic E-state index is 14.5. The second-order valence-electron chi connectivity index (χ2n) is 7.71. The van der Waals surface area contributed by atoms with Gasteiger partial charge in [-0.2, -0.15) is 0 Å². The van der Waals surface area contributed by atoms with Crippen LogP contribution in [-0.4, -0.2) is 56.0 Å². The number of amides is 1. The lowest BCUT2D eigenvalue weighted by Gasteiger charge is -2.42.